The van der Waals surface area contributed by atoms with E-state index in [-0.39, 0.29) is 40.7 Å². The molecule has 5 aromatic rings. The monoisotopic (exact) mass is 1010 g/mol. The van der Waals surface area contributed by atoms with Crippen LogP contribution in [-0.2, 0) is 31.0 Å². The number of nitrogens with one attached hydrogen (secondary N) is 2. The van der Waals surface area contributed by atoms with E-state index in [9.17, 15) is 32.3 Å². The number of amides is 2. The van der Waals surface area contributed by atoms with Crippen LogP contribution in [0.2, 0.25) is 5.02 Å². The number of nitrogens with zero attached hydrogens (tertiary/aromatic N) is 6. The number of nitro groups is 1. The Morgan fingerprint density at radius 3 is 2.46 bits per heavy atom. The number of fused-ring (bicyclic) bond motifs is 1. The van der Waals surface area contributed by atoms with Gasteiger partial charge in [-0.15, -0.1) is 0 Å². The zero-order valence-electron chi connectivity index (χ0n) is 40.1. The van der Waals surface area contributed by atoms with Crippen molar-refractivity contribution in [3.63, 3.8) is 0 Å². The standard InChI is InChI=1S/C51H61ClN8O8S2/c1-5-48(61)55-69(65)26-24-57(25-27-69)19-16-35(2)28-37-8-12-43(31-46(37)60(63)64)70(66,67)56-50(62)44-13-11-41(30-47(44)68-42-29-38-15-18-53-49(38)54-33-42)59-22-20-58(21-23-59)34-39-14-17-51(3,4)32-45(39)36-6-9-40(52)10-7-36/h6-13,15,18,29-31,33,35H,5,14,16-17,19-28,32,34H2,1-4H3,(H,53,54)(H,56,62)/t35-/m0/s1. The number of aromatic nitrogens is 2. The highest BCUT2D eigenvalue weighted by Crippen LogP contribution is 2.43. The Kier molecular flexibility index (Phi) is 15.5. The molecule has 1 aliphatic carbocycles. The Morgan fingerprint density at radius 1 is 1.00 bits per heavy atom. The molecule has 0 spiro atoms. The summed E-state index contributed by atoms with van der Waals surface area (Å²) in [6.07, 6.45) is 7.64. The predicted molar refractivity (Wildman–Crippen MR) is 275 cm³/mol. The summed E-state index contributed by atoms with van der Waals surface area (Å²) in [6, 6.07) is 20.5. The molecule has 0 radical (unpaired) electrons. The Morgan fingerprint density at radius 2 is 1.74 bits per heavy atom. The van der Waals surface area contributed by atoms with Crippen LogP contribution in [0.25, 0.3) is 16.6 Å². The molecule has 2 amide bonds. The maximum atomic E-state index is 14.1. The zero-order chi connectivity index (χ0) is 49.8. The van der Waals surface area contributed by atoms with Crippen molar-refractivity contribution in [2.45, 2.75) is 71.1 Å². The number of ether oxygens (including phenoxy) is 1. The van der Waals surface area contributed by atoms with Gasteiger partial charge in [0.15, 0.2) is 0 Å². The van der Waals surface area contributed by atoms with E-state index < -0.39 is 35.5 Å². The predicted octanol–water partition coefficient (Wildman–Crippen LogP) is 9.11. The number of hydrogen-bond acceptors (Lipinski definition) is 12. The molecule has 372 valence electrons. The Hall–Kier alpha value is -5.66. The second kappa shape index (κ2) is 21.4. The lowest BCUT2D eigenvalue weighted by molar-refractivity contribution is -0.385. The van der Waals surface area contributed by atoms with E-state index in [1.807, 2.05) is 25.1 Å². The van der Waals surface area contributed by atoms with E-state index in [0.29, 0.717) is 74.0 Å². The zero-order valence-corrected chi connectivity index (χ0v) is 42.5. The molecule has 0 bridgehead atoms. The minimum absolute atomic E-state index is 0.0158. The van der Waals surface area contributed by atoms with Crippen molar-refractivity contribution in [1.82, 2.24) is 24.5 Å². The molecular formula is C51H61ClN8O8S2. The largest absolute Gasteiger partial charge is 0.455 e. The average molecular weight is 1010 g/mol. The molecule has 3 aromatic carbocycles. The van der Waals surface area contributed by atoms with Crippen LogP contribution in [0.3, 0.4) is 0 Å². The number of piperazine rings is 1. The lowest BCUT2D eigenvalue weighted by Crippen LogP contribution is -2.47. The smallest absolute Gasteiger partial charge is 0.273 e. The molecule has 2 fully saturated rings. The van der Waals surface area contributed by atoms with Crippen molar-refractivity contribution >= 4 is 71.1 Å². The van der Waals surface area contributed by atoms with Crippen LogP contribution in [0.5, 0.6) is 11.5 Å². The van der Waals surface area contributed by atoms with Gasteiger partial charge < -0.3 is 19.5 Å². The fourth-order valence-corrected chi connectivity index (χ4v) is 12.6. The number of rotatable bonds is 16. The van der Waals surface area contributed by atoms with Gasteiger partial charge in [0.1, 0.15) is 17.1 Å². The van der Waals surface area contributed by atoms with Crippen LogP contribution in [-0.4, -0.2) is 113 Å². The normalized spacial score (nSPS) is 18.1. The number of sulfonamides is 1. The van der Waals surface area contributed by atoms with Gasteiger partial charge in [0, 0.05) is 104 Å². The maximum absolute atomic E-state index is 14.1. The Balaban J connectivity index is 0.954. The highest BCUT2D eigenvalue weighted by molar-refractivity contribution is 7.94. The second-order valence-corrected chi connectivity index (χ2v) is 24.2. The molecule has 2 aliphatic heterocycles. The fraction of sp³-hybridized carbons (Fsp3) is 0.431. The molecule has 8 rings (SSSR count). The van der Waals surface area contributed by atoms with Crippen molar-refractivity contribution in [3.8, 4) is 11.5 Å². The summed E-state index contributed by atoms with van der Waals surface area (Å²) in [7, 11) is -7.15. The fourth-order valence-electron chi connectivity index (χ4n) is 9.47. The summed E-state index contributed by atoms with van der Waals surface area (Å²) < 4.78 is 53.1. The molecule has 2 saturated heterocycles. The van der Waals surface area contributed by atoms with E-state index >= 15 is 0 Å². The molecule has 0 saturated carbocycles. The molecule has 16 nitrogen and oxygen atoms in total. The Bertz CT molecular complexity index is 3030. The molecule has 0 unspecified atom stereocenters. The van der Waals surface area contributed by atoms with Crippen LogP contribution in [0, 0.1) is 21.4 Å². The summed E-state index contributed by atoms with van der Waals surface area (Å²) in [5.74, 6) is -0.253. The van der Waals surface area contributed by atoms with E-state index in [1.165, 1.54) is 41.1 Å². The summed E-state index contributed by atoms with van der Waals surface area (Å²) in [5, 5.41) is 13.9. The number of H-pyrrole nitrogens is 1. The van der Waals surface area contributed by atoms with Gasteiger partial charge in [-0.25, -0.2) is 22.3 Å². The number of carbonyl (C=O) groups excluding carboxylic acids is 2. The summed E-state index contributed by atoms with van der Waals surface area (Å²) >= 11 is 6.25. The molecule has 2 aromatic heterocycles. The van der Waals surface area contributed by atoms with Crippen LogP contribution in [0.4, 0.5) is 11.4 Å². The molecule has 19 heteroatoms. The number of benzene rings is 3. The number of carbonyl (C=O) groups is 2. The van der Waals surface area contributed by atoms with Gasteiger partial charge in [0.2, 0.25) is 0 Å². The molecule has 3 aliphatic rings. The minimum atomic E-state index is -4.60. The van der Waals surface area contributed by atoms with Crippen molar-refractivity contribution < 1.29 is 31.9 Å². The van der Waals surface area contributed by atoms with Gasteiger partial charge in [-0.3, -0.25) is 24.6 Å². The van der Waals surface area contributed by atoms with Crippen LogP contribution < -0.4 is 14.4 Å². The van der Waals surface area contributed by atoms with Gasteiger partial charge in [-0.05, 0) is 104 Å². The summed E-state index contributed by atoms with van der Waals surface area (Å²) in [6.45, 7) is 13.9. The first-order valence-electron chi connectivity index (χ1n) is 23.9. The molecule has 4 heterocycles. The number of aromatic amines is 1. The van der Waals surface area contributed by atoms with Crippen molar-refractivity contribution in [1.29, 1.82) is 0 Å². The number of hydrogen-bond donors (Lipinski definition) is 2. The molecule has 70 heavy (non-hydrogen) atoms. The minimum Gasteiger partial charge on any atom is -0.455 e. The quantitative estimate of drug-likeness (QED) is 0.0703. The van der Waals surface area contributed by atoms with Gasteiger partial charge in [-0.1, -0.05) is 63.1 Å². The Labute approximate surface area is 415 Å². The first-order valence-corrected chi connectivity index (χ1v) is 27.6. The van der Waals surface area contributed by atoms with Crippen molar-refractivity contribution in [3.05, 3.63) is 123 Å². The van der Waals surface area contributed by atoms with Crippen LogP contribution >= 0.6 is 11.6 Å². The van der Waals surface area contributed by atoms with E-state index in [1.54, 1.807) is 31.3 Å². The van der Waals surface area contributed by atoms with Gasteiger partial charge in [0.25, 0.3) is 27.5 Å². The van der Waals surface area contributed by atoms with Crippen LogP contribution in [0.1, 0.15) is 81.3 Å². The molecular weight excluding hydrogens is 952 g/mol. The topological polar surface area (TPSA) is 201 Å². The number of anilines is 1. The van der Waals surface area contributed by atoms with Crippen LogP contribution in [0.15, 0.2) is 100 Å². The highest BCUT2D eigenvalue weighted by atomic mass is 35.5. The average Bonchev–Trinajstić information content (AvgIpc) is 3.80. The summed E-state index contributed by atoms with van der Waals surface area (Å²) in [5.41, 5.74) is 5.67. The molecule has 1 atom stereocenters. The van der Waals surface area contributed by atoms with Gasteiger partial charge in [-0.2, -0.15) is 4.36 Å². The SMILES string of the molecule is CCC(=O)N=S1(=O)CCN(CC[C@H](C)Cc2ccc(S(=O)(=O)NC(=O)c3ccc(N4CCN(CC5=C(c6ccc(Cl)cc6)CC(C)(C)CC5)CC4)cc3Oc3cnc4[nH]ccc4c3)cc2[N+](=O)[O-])CC1. The van der Waals surface area contributed by atoms with Gasteiger partial charge in [0.05, 0.1) is 31.3 Å². The maximum Gasteiger partial charge on any atom is 0.273 e. The number of pyridine rings is 1. The van der Waals surface area contributed by atoms with E-state index in [4.69, 9.17) is 16.3 Å². The lowest BCUT2D eigenvalue weighted by atomic mass is 9.72. The third-order valence-electron chi connectivity index (χ3n) is 13.7. The van der Waals surface area contributed by atoms with E-state index in [2.05, 4.69) is 59.7 Å². The number of nitro benzene ring substituents is 1. The number of allylic oxidation sites excluding steroid dienone is 1. The third kappa shape index (κ3) is 12.4. The lowest BCUT2D eigenvalue weighted by Gasteiger charge is -2.39. The number of halogens is 1. The third-order valence-corrected chi connectivity index (χ3v) is 17.4. The summed E-state index contributed by atoms with van der Waals surface area (Å²) in [4.78, 5) is 51.5. The molecule has 2 N–H and O–H groups in total. The second-order valence-electron chi connectivity index (χ2n) is 19.5. The van der Waals surface area contributed by atoms with Crippen molar-refractivity contribution in [2.75, 3.05) is 68.8 Å². The van der Waals surface area contributed by atoms with Crippen molar-refractivity contribution in [2.24, 2.45) is 15.7 Å². The van der Waals surface area contributed by atoms with Gasteiger partial charge >= 0.3 is 0 Å². The highest BCUT2D eigenvalue weighted by Gasteiger charge is 2.31. The first kappa shape index (κ1) is 50.7. The first-order chi connectivity index (χ1) is 33.4. The van der Waals surface area contributed by atoms with E-state index in [0.717, 1.165) is 61.1 Å².